The van der Waals surface area contributed by atoms with Crippen molar-refractivity contribution in [3.63, 3.8) is 0 Å². The zero-order valence-corrected chi connectivity index (χ0v) is 45.1. The van der Waals surface area contributed by atoms with E-state index in [1.54, 1.807) is 0 Å². The molecule has 0 bridgehead atoms. The number of hydrogen-bond acceptors (Lipinski definition) is 10. The van der Waals surface area contributed by atoms with Crippen molar-refractivity contribution >= 4 is 5.91 Å². The third-order valence-electron chi connectivity index (χ3n) is 14.9. The zero-order valence-electron chi connectivity index (χ0n) is 45.1. The van der Waals surface area contributed by atoms with E-state index in [0.29, 0.717) is 19.3 Å². The summed E-state index contributed by atoms with van der Waals surface area (Å²) in [6, 6.07) is -1.16. The molecule has 0 spiro atoms. The van der Waals surface area contributed by atoms with Crippen LogP contribution in [0.5, 0.6) is 0 Å². The van der Waals surface area contributed by atoms with E-state index in [4.69, 9.17) is 9.47 Å². The van der Waals surface area contributed by atoms with Crippen LogP contribution in [0.15, 0.2) is 0 Å². The Morgan fingerprint density at radius 3 is 1.07 bits per heavy atom. The number of carbonyl (C=O) groups excluding carboxylic acids is 1. The standard InChI is InChI=1S/C58H115NO10/c1-3-5-7-9-11-13-15-17-18-19-20-21-22-23-24-25-26-27-28-29-30-31-32-34-35-37-39-41-43-45-50(61)53(63)49(48-68-58-56(66)55(65)54(64)52(47-60)69-58)59-57(67)51(62)46-44-42-40-38-36-33-16-14-12-10-8-6-4-2/h49-56,58,60-66H,3-48H2,1-2H3,(H,59,67). The summed E-state index contributed by atoms with van der Waals surface area (Å²) in [7, 11) is 0. The van der Waals surface area contributed by atoms with E-state index in [2.05, 4.69) is 19.2 Å². The third-order valence-corrected chi connectivity index (χ3v) is 14.9. The van der Waals surface area contributed by atoms with Crippen molar-refractivity contribution in [2.45, 2.75) is 351 Å². The Kier molecular flexibility index (Phi) is 46.1. The molecule has 69 heavy (non-hydrogen) atoms. The van der Waals surface area contributed by atoms with Gasteiger partial charge in [-0.15, -0.1) is 0 Å². The van der Waals surface area contributed by atoms with E-state index in [0.717, 1.165) is 38.5 Å². The van der Waals surface area contributed by atoms with Gasteiger partial charge in [-0.2, -0.15) is 0 Å². The van der Waals surface area contributed by atoms with Gasteiger partial charge in [0.05, 0.1) is 25.4 Å². The summed E-state index contributed by atoms with van der Waals surface area (Å²) >= 11 is 0. The summed E-state index contributed by atoms with van der Waals surface area (Å²) in [5.74, 6) is -0.691. The van der Waals surface area contributed by atoms with E-state index in [1.807, 2.05) is 0 Å². The second-order valence-corrected chi connectivity index (χ2v) is 21.4. The number of amides is 1. The predicted octanol–water partition coefficient (Wildman–Crippen LogP) is 12.6. The number of carbonyl (C=O) groups is 1. The van der Waals surface area contributed by atoms with Crippen LogP contribution in [0.2, 0.25) is 0 Å². The van der Waals surface area contributed by atoms with Crippen LogP contribution >= 0.6 is 0 Å². The molecular formula is C58H115NO10. The van der Waals surface area contributed by atoms with Crippen molar-refractivity contribution < 1.29 is 50.0 Å². The summed E-state index contributed by atoms with van der Waals surface area (Å²) in [4.78, 5) is 13.1. The molecule has 1 heterocycles. The highest BCUT2D eigenvalue weighted by molar-refractivity contribution is 5.80. The van der Waals surface area contributed by atoms with Crippen molar-refractivity contribution in [1.29, 1.82) is 0 Å². The normalized spacial score (nSPS) is 20.3. The predicted molar refractivity (Wildman–Crippen MR) is 284 cm³/mol. The molecule has 1 amide bonds. The van der Waals surface area contributed by atoms with Crippen LogP contribution in [0.1, 0.15) is 296 Å². The van der Waals surface area contributed by atoms with E-state index in [1.165, 1.54) is 218 Å². The topological polar surface area (TPSA) is 189 Å². The molecule has 0 saturated carbocycles. The van der Waals surface area contributed by atoms with Gasteiger partial charge in [-0.05, 0) is 12.8 Å². The maximum Gasteiger partial charge on any atom is 0.249 e. The Labute approximate surface area is 424 Å². The lowest BCUT2D eigenvalue weighted by Crippen LogP contribution is -2.60. The third kappa shape index (κ3) is 36.6. The molecule has 1 aliphatic rings. The van der Waals surface area contributed by atoms with Crippen molar-refractivity contribution in [1.82, 2.24) is 5.32 Å². The van der Waals surface area contributed by atoms with E-state index in [-0.39, 0.29) is 6.42 Å². The molecule has 0 aromatic carbocycles. The Morgan fingerprint density at radius 1 is 0.449 bits per heavy atom. The van der Waals surface area contributed by atoms with Crippen molar-refractivity contribution in [2.24, 2.45) is 0 Å². The second kappa shape index (κ2) is 48.1. The highest BCUT2D eigenvalue weighted by atomic mass is 16.7. The number of unbranched alkanes of at least 4 members (excludes halogenated alkanes) is 40. The van der Waals surface area contributed by atoms with Gasteiger partial charge in [-0.3, -0.25) is 4.79 Å². The van der Waals surface area contributed by atoms with Crippen LogP contribution in [0, 0.1) is 0 Å². The molecule has 412 valence electrons. The van der Waals surface area contributed by atoms with Crippen molar-refractivity contribution in [2.75, 3.05) is 13.2 Å². The molecule has 8 N–H and O–H groups in total. The van der Waals surface area contributed by atoms with Gasteiger partial charge in [-0.25, -0.2) is 0 Å². The Morgan fingerprint density at radius 2 is 0.754 bits per heavy atom. The Balaban J connectivity index is 2.21. The van der Waals surface area contributed by atoms with E-state index in [9.17, 15) is 40.5 Å². The molecule has 1 saturated heterocycles. The minimum Gasteiger partial charge on any atom is -0.394 e. The Bertz CT molecular complexity index is 1090. The average Bonchev–Trinajstić information content (AvgIpc) is 3.35. The van der Waals surface area contributed by atoms with Crippen molar-refractivity contribution in [3.05, 3.63) is 0 Å². The van der Waals surface area contributed by atoms with Gasteiger partial charge in [0.15, 0.2) is 6.29 Å². The lowest BCUT2D eigenvalue weighted by Gasteiger charge is -2.40. The van der Waals surface area contributed by atoms with Crippen LogP contribution in [0.3, 0.4) is 0 Å². The molecule has 1 fully saturated rings. The van der Waals surface area contributed by atoms with Gasteiger partial charge in [0.25, 0.3) is 0 Å². The highest BCUT2D eigenvalue weighted by Gasteiger charge is 2.44. The number of rotatable bonds is 52. The number of hydrogen-bond donors (Lipinski definition) is 8. The molecule has 1 rings (SSSR count). The fourth-order valence-corrected chi connectivity index (χ4v) is 10.0. The number of ether oxygens (including phenoxy) is 2. The van der Waals surface area contributed by atoms with E-state index < -0.39 is 74.2 Å². The SMILES string of the molecule is CCCCCCCCCCCCCCCCCCCCCCCCCCCCCCCC(O)C(O)C(COC1OC(CO)C(O)C(O)C1O)NC(=O)C(O)CCCCCCCCCCCCCCC. The quantitative estimate of drug-likeness (QED) is 0.0272. The molecular weight excluding hydrogens is 871 g/mol. The van der Waals surface area contributed by atoms with Crippen LogP contribution in [0.4, 0.5) is 0 Å². The first-order valence-corrected chi connectivity index (χ1v) is 29.9. The largest absolute Gasteiger partial charge is 0.394 e. The monoisotopic (exact) mass is 986 g/mol. The van der Waals surface area contributed by atoms with Crippen LogP contribution in [-0.2, 0) is 14.3 Å². The van der Waals surface area contributed by atoms with Gasteiger partial charge in [0, 0.05) is 0 Å². The molecule has 9 atom stereocenters. The van der Waals surface area contributed by atoms with Crippen LogP contribution in [-0.4, -0.2) is 110 Å². The fourth-order valence-electron chi connectivity index (χ4n) is 10.0. The summed E-state index contributed by atoms with van der Waals surface area (Å²) in [5.41, 5.74) is 0. The molecule has 1 aliphatic heterocycles. The minimum atomic E-state index is -1.66. The number of aliphatic hydroxyl groups excluding tert-OH is 7. The zero-order chi connectivity index (χ0) is 50.4. The van der Waals surface area contributed by atoms with Gasteiger partial charge in [0.2, 0.25) is 5.91 Å². The van der Waals surface area contributed by atoms with Crippen molar-refractivity contribution in [3.8, 4) is 0 Å². The maximum atomic E-state index is 13.1. The van der Waals surface area contributed by atoms with Gasteiger partial charge in [-0.1, -0.05) is 284 Å². The molecule has 11 heteroatoms. The molecule has 11 nitrogen and oxygen atoms in total. The first-order chi connectivity index (χ1) is 33.7. The van der Waals surface area contributed by atoms with E-state index >= 15 is 0 Å². The summed E-state index contributed by atoms with van der Waals surface area (Å²) in [5, 5.41) is 76.1. The smallest absolute Gasteiger partial charge is 0.249 e. The minimum absolute atomic E-state index is 0.266. The van der Waals surface area contributed by atoms with Gasteiger partial charge < -0.3 is 50.5 Å². The van der Waals surface area contributed by atoms with Crippen LogP contribution in [0.25, 0.3) is 0 Å². The molecule has 0 aromatic rings. The summed E-state index contributed by atoms with van der Waals surface area (Å²) < 4.78 is 11.1. The van der Waals surface area contributed by atoms with Crippen LogP contribution < -0.4 is 5.32 Å². The average molecular weight is 987 g/mol. The lowest BCUT2D eigenvalue weighted by molar-refractivity contribution is -0.303. The molecule has 0 radical (unpaired) electrons. The van der Waals surface area contributed by atoms with Gasteiger partial charge in [0.1, 0.15) is 36.6 Å². The Hall–Kier alpha value is -0.890. The summed E-state index contributed by atoms with van der Waals surface area (Å²) in [6.45, 7) is 3.48. The fraction of sp³-hybridized carbons (Fsp3) is 0.983. The molecule has 0 aromatic heterocycles. The lowest BCUT2D eigenvalue weighted by atomic mass is 9.98. The number of aliphatic hydroxyl groups is 7. The summed E-state index contributed by atoms with van der Waals surface area (Å²) in [6.07, 6.45) is 43.2. The van der Waals surface area contributed by atoms with Gasteiger partial charge >= 0.3 is 0 Å². The molecule has 9 unspecified atom stereocenters. The second-order valence-electron chi connectivity index (χ2n) is 21.4. The first-order valence-electron chi connectivity index (χ1n) is 29.9. The highest BCUT2D eigenvalue weighted by Crippen LogP contribution is 2.24. The number of nitrogens with one attached hydrogen (secondary N) is 1. The first kappa shape index (κ1) is 66.1. The molecule has 0 aliphatic carbocycles. The maximum absolute atomic E-state index is 13.1.